The zero-order valence-electron chi connectivity index (χ0n) is 13.8. The van der Waals surface area contributed by atoms with Gasteiger partial charge < -0.3 is 10.1 Å². The number of esters is 1. The molecule has 2 N–H and O–H groups in total. The van der Waals surface area contributed by atoms with Gasteiger partial charge in [0.25, 0.3) is 11.5 Å². The van der Waals surface area contributed by atoms with E-state index in [1.54, 1.807) is 38.1 Å². The normalized spacial score (nSPS) is 10.5. The van der Waals surface area contributed by atoms with Crippen molar-refractivity contribution in [2.24, 2.45) is 0 Å². The summed E-state index contributed by atoms with van der Waals surface area (Å²) in [5.74, 6) is -1.56. The number of nitrogens with zero attached hydrogens (tertiary/aromatic N) is 2. The summed E-state index contributed by atoms with van der Waals surface area (Å²) in [5, 5.41) is 4.86. The van der Waals surface area contributed by atoms with Crippen LogP contribution in [0.25, 0.3) is 10.9 Å². The van der Waals surface area contributed by atoms with Gasteiger partial charge in [-0.1, -0.05) is 12.1 Å². The van der Waals surface area contributed by atoms with Gasteiger partial charge in [-0.2, -0.15) is 0 Å². The van der Waals surface area contributed by atoms with Gasteiger partial charge in [-0.25, -0.2) is 9.78 Å². The number of urea groups is 1. The minimum atomic E-state index is -0.793. The third-order valence-electron chi connectivity index (χ3n) is 3.07. The number of aromatic nitrogens is 2. The molecule has 1 aromatic heterocycles. The summed E-state index contributed by atoms with van der Waals surface area (Å²) in [6.07, 6.45) is 1.24. The Morgan fingerprint density at radius 2 is 1.96 bits per heavy atom. The molecule has 0 spiro atoms. The number of fused-ring (bicyclic) bond motifs is 1. The first kappa shape index (κ1) is 18.1. The van der Waals surface area contributed by atoms with E-state index in [1.165, 1.54) is 6.33 Å². The number of nitrogens with one attached hydrogen (secondary N) is 2. The highest BCUT2D eigenvalue weighted by Crippen LogP contribution is 2.04. The molecule has 0 bridgehead atoms. The fourth-order valence-corrected chi connectivity index (χ4v) is 2.01. The molecule has 1 aromatic carbocycles. The summed E-state index contributed by atoms with van der Waals surface area (Å²) in [6.45, 7) is 2.46. The number of imide groups is 1. The van der Waals surface area contributed by atoms with Gasteiger partial charge in [-0.3, -0.25) is 24.3 Å². The second-order valence-electron chi connectivity index (χ2n) is 5.53. The third kappa shape index (κ3) is 5.13. The molecule has 0 atom stereocenters. The number of carbonyl (C=O) groups is 3. The standard InChI is InChI=1S/C16H18N4O5/c1-10(2)18-16(24)19-13(21)8-25-14(22)7-20-9-17-12-6-4-3-5-11(12)15(20)23/h3-6,9-10H,7-8H2,1-2H3,(H2,18,19,21,24). The molecule has 0 aliphatic heterocycles. The Kier molecular flexibility index (Phi) is 5.83. The summed E-state index contributed by atoms with van der Waals surface area (Å²) < 4.78 is 5.85. The van der Waals surface area contributed by atoms with E-state index < -0.39 is 24.5 Å². The van der Waals surface area contributed by atoms with Crippen molar-refractivity contribution in [2.75, 3.05) is 6.61 Å². The highest BCUT2D eigenvalue weighted by atomic mass is 16.5. The van der Waals surface area contributed by atoms with Gasteiger partial charge in [0, 0.05) is 6.04 Å². The number of hydrogen-bond donors (Lipinski definition) is 2. The molecule has 0 fully saturated rings. The van der Waals surface area contributed by atoms with E-state index in [0.29, 0.717) is 10.9 Å². The van der Waals surface area contributed by atoms with Crippen molar-refractivity contribution in [3.63, 3.8) is 0 Å². The lowest BCUT2D eigenvalue weighted by Crippen LogP contribution is -2.44. The maximum atomic E-state index is 12.2. The Labute approximate surface area is 143 Å². The van der Waals surface area contributed by atoms with E-state index in [9.17, 15) is 19.2 Å². The van der Waals surface area contributed by atoms with Crippen LogP contribution in [0, 0.1) is 0 Å². The van der Waals surface area contributed by atoms with Crippen LogP contribution >= 0.6 is 0 Å². The van der Waals surface area contributed by atoms with Crippen LogP contribution < -0.4 is 16.2 Å². The lowest BCUT2D eigenvalue weighted by atomic mass is 10.2. The number of hydrogen-bond acceptors (Lipinski definition) is 6. The molecule has 0 saturated carbocycles. The van der Waals surface area contributed by atoms with Gasteiger partial charge in [-0.05, 0) is 26.0 Å². The third-order valence-corrected chi connectivity index (χ3v) is 3.07. The molecule has 1 heterocycles. The number of amides is 3. The van der Waals surface area contributed by atoms with Crippen molar-refractivity contribution in [3.05, 3.63) is 40.9 Å². The molecule has 0 aliphatic rings. The molecular weight excluding hydrogens is 328 g/mol. The van der Waals surface area contributed by atoms with Crippen LogP contribution in [0.4, 0.5) is 4.79 Å². The van der Waals surface area contributed by atoms with Crippen molar-refractivity contribution in [1.82, 2.24) is 20.2 Å². The molecule has 3 amide bonds. The highest BCUT2D eigenvalue weighted by molar-refractivity contribution is 5.95. The Morgan fingerprint density at radius 3 is 2.68 bits per heavy atom. The van der Waals surface area contributed by atoms with Gasteiger partial charge in [0.2, 0.25) is 0 Å². The fraction of sp³-hybridized carbons (Fsp3) is 0.312. The zero-order chi connectivity index (χ0) is 18.4. The van der Waals surface area contributed by atoms with E-state index in [-0.39, 0.29) is 18.1 Å². The molecular formula is C16H18N4O5. The molecule has 0 unspecified atom stereocenters. The summed E-state index contributed by atoms with van der Waals surface area (Å²) in [4.78, 5) is 50.9. The first-order valence-electron chi connectivity index (χ1n) is 7.57. The molecule has 0 radical (unpaired) electrons. The van der Waals surface area contributed by atoms with E-state index in [1.807, 2.05) is 5.32 Å². The summed E-state index contributed by atoms with van der Waals surface area (Å²) in [5.41, 5.74) is 0.135. The molecule has 0 aliphatic carbocycles. The summed E-state index contributed by atoms with van der Waals surface area (Å²) >= 11 is 0. The Bertz CT molecular complexity index is 859. The smallest absolute Gasteiger partial charge is 0.326 e. The van der Waals surface area contributed by atoms with Crippen LogP contribution in [-0.4, -0.2) is 40.1 Å². The summed E-state index contributed by atoms with van der Waals surface area (Å²) in [7, 11) is 0. The SMILES string of the molecule is CC(C)NC(=O)NC(=O)COC(=O)Cn1cnc2ccccc2c1=O. The number of para-hydroxylation sites is 1. The first-order valence-corrected chi connectivity index (χ1v) is 7.57. The maximum Gasteiger partial charge on any atom is 0.326 e. The number of ether oxygens (including phenoxy) is 1. The van der Waals surface area contributed by atoms with Crippen LogP contribution in [0.1, 0.15) is 13.8 Å². The van der Waals surface area contributed by atoms with Crippen molar-refractivity contribution in [2.45, 2.75) is 26.4 Å². The van der Waals surface area contributed by atoms with Crippen molar-refractivity contribution in [3.8, 4) is 0 Å². The molecule has 9 nitrogen and oxygen atoms in total. The molecule has 2 rings (SSSR count). The van der Waals surface area contributed by atoms with E-state index in [4.69, 9.17) is 4.74 Å². The van der Waals surface area contributed by atoms with Gasteiger partial charge in [0.15, 0.2) is 6.61 Å². The van der Waals surface area contributed by atoms with Crippen molar-refractivity contribution in [1.29, 1.82) is 0 Å². The van der Waals surface area contributed by atoms with Crippen LogP contribution in [0.5, 0.6) is 0 Å². The molecule has 132 valence electrons. The minimum Gasteiger partial charge on any atom is -0.454 e. The van der Waals surface area contributed by atoms with Gasteiger partial charge in [-0.15, -0.1) is 0 Å². The van der Waals surface area contributed by atoms with Crippen LogP contribution in [0.15, 0.2) is 35.4 Å². The largest absolute Gasteiger partial charge is 0.454 e. The van der Waals surface area contributed by atoms with E-state index >= 15 is 0 Å². The second kappa shape index (κ2) is 8.04. The minimum absolute atomic E-state index is 0.136. The lowest BCUT2D eigenvalue weighted by Gasteiger charge is -2.10. The predicted molar refractivity (Wildman–Crippen MR) is 88.8 cm³/mol. The molecule has 9 heteroatoms. The van der Waals surface area contributed by atoms with Crippen LogP contribution in [-0.2, 0) is 20.9 Å². The average molecular weight is 346 g/mol. The summed E-state index contributed by atoms with van der Waals surface area (Å²) in [6, 6.07) is 5.93. The Hall–Kier alpha value is -3.23. The monoisotopic (exact) mass is 346 g/mol. The average Bonchev–Trinajstić information content (AvgIpc) is 2.55. The van der Waals surface area contributed by atoms with Crippen molar-refractivity contribution < 1.29 is 19.1 Å². The molecule has 25 heavy (non-hydrogen) atoms. The van der Waals surface area contributed by atoms with Gasteiger partial charge in [0.1, 0.15) is 6.54 Å². The molecule has 2 aromatic rings. The first-order chi connectivity index (χ1) is 11.9. The van der Waals surface area contributed by atoms with Crippen molar-refractivity contribution >= 4 is 28.8 Å². The fourth-order valence-electron chi connectivity index (χ4n) is 2.01. The van der Waals surface area contributed by atoms with Crippen LogP contribution in [0.2, 0.25) is 0 Å². The second-order valence-corrected chi connectivity index (χ2v) is 5.53. The molecule has 0 saturated heterocycles. The quantitative estimate of drug-likeness (QED) is 0.745. The lowest BCUT2D eigenvalue weighted by molar-refractivity contribution is -0.148. The van der Waals surface area contributed by atoms with Gasteiger partial charge >= 0.3 is 12.0 Å². The van der Waals surface area contributed by atoms with Crippen LogP contribution in [0.3, 0.4) is 0 Å². The highest BCUT2D eigenvalue weighted by Gasteiger charge is 2.13. The topological polar surface area (TPSA) is 119 Å². The number of benzene rings is 1. The number of carbonyl (C=O) groups excluding carboxylic acids is 3. The van der Waals surface area contributed by atoms with Gasteiger partial charge in [0.05, 0.1) is 17.2 Å². The maximum absolute atomic E-state index is 12.2. The number of rotatable bonds is 5. The predicted octanol–water partition coefficient (Wildman–Crippen LogP) is 0.174. The Balaban J connectivity index is 1.90. The van der Waals surface area contributed by atoms with E-state index in [2.05, 4.69) is 10.3 Å². The zero-order valence-corrected chi connectivity index (χ0v) is 13.8. The van der Waals surface area contributed by atoms with E-state index in [0.717, 1.165) is 4.57 Å². The Morgan fingerprint density at radius 1 is 1.24 bits per heavy atom.